The summed E-state index contributed by atoms with van der Waals surface area (Å²) in [6.45, 7) is 0. The van der Waals surface area contributed by atoms with Crippen LogP contribution in [0.25, 0.3) is 11.1 Å². The van der Waals surface area contributed by atoms with Crippen LogP contribution in [-0.2, 0) is 0 Å². The number of aromatic nitrogens is 3. The Labute approximate surface area is 86.3 Å². The van der Waals surface area contributed by atoms with Crippen LogP contribution >= 0.6 is 0 Å². The van der Waals surface area contributed by atoms with Gasteiger partial charge in [0, 0.05) is 17.3 Å². The summed E-state index contributed by atoms with van der Waals surface area (Å²) < 4.78 is 5.11. The third-order valence-corrected chi connectivity index (χ3v) is 2.01. The molecule has 5 nitrogen and oxygen atoms in total. The van der Waals surface area contributed by atoms with Crippen LogP contribution in [0.5, 0.6) is 5.88 Å². The summed E-state index contributed by atoms with van der Waals surface area (Å²) in [7, 11) is 1.54. The summed E-state index contributed by atoms with van der Waals surface area (Å²) in [6, 6.07) is 5.64. The number of ether oxygens (including phenoxy) is 1. The first kappa shape index (κ1) is 9.21. The van der Waals surface area contributed by atoms with Gasteiger partial charge in [0.25, 0.3) is 0 Å². The highest BCUT2D eigenvalue weighted by molar-refractivity contribution is 5.72. The zero-order valence-corrected chi connectivity index (χ0v) is 8.06. The summed E-state index contributed by atoms with van der Waals surface area (Å²) in [5.74, 6) is 0.482. The number of H-pyrrole nitrogens is 1. The summed E-state index contributed by atoms with van der Waals surface area (Å²) in [4.78, 5) is 4.06. The molecule has 0 aliphatic heterocycles. The maximum atomic E-state index is 8.85. The van der Waals surface area contributed by atoms with E-state index in [0.29, 0.717) is 17.1 Å². The largest absolute Gasteiger partial charge is 0.481 e. The molecule has 0 aliphatic carbocycles. The van der Waals surface area contributed by atoms with Crippen molar-refractivity contribution in [2.24, 2.45) is 0 Å². The van der Waals surface area contributed by atoms with Crippen molar-refractivity contribution >= 4 is 0 Å². The normalized spacial score (nSPS) is 9.60. The lowest BCUT2D eigenvalue weighted by Crippen LogP contribution is -1.91. The summed E-state index contributed by atoms with van der Waals surface area (Å²) in [5, 5.41) is 15.3. The fourth-order valence-electron chi connectivity index (χ4n) is 1.33. The molecule has 0 bridgehead atoms. The van der Waals surface area contributed by atoms with Crippen LogP contribution < -0.4 is 4.74 Å². The Hall–Kier alpha value is -2.35. The van der Waals surface area contributed by atoms with Crippen molar-refractivity contribution in [1.82, 2.24) is 15.2 Å². The number of methoxy groups -OCH3 is 1. The van der Waals surface area contributed by atoms with Crippen LogP contribution in [0.3, 0.4) is 0 Å². The van der Waals surface area contributed by atoms with Gasteiger partial charge in [-0.25, -0.2) is 4.98 Å². The smallest absolute Gasteiger partial charge is 0.221 e. The molecule has 2 rings (SSSR count). The number of nitriles is 1. The lowest BCUT2D eigenvalue weighted by atomic mass is 10.1. The number of hydrogen-bond acceptors (Lipinski definition) is 4. The number of nitrogens with zero attached hydrogens (tertiary/aromatic N) is 3. The number of nitrogens with one attached hydrogen (secondary N) is 1. The third-order valence-electron chi connectivity index (χ3n) is 2.01. The van der Waals surface area contributed by atoms with Crippen molar-refractivity contribution in [3.63, 3.8) is 0 Å². The molecule has 0 aromatic carbocycles. The van der Waals surface area contributed by atoms with Crippen molar-refractivity contribution in [2.75, 3.05) is 7.11 Å². The molecule has 0 unspecified atom stereocenters. The van der Waals surface area contributed by atoms with Gasteiger partial charge in [0.1, 0.15) is 11.8 Å². The topological polar surface area (TPSA) is 74.6 Å². The van der Waals surface area contributed by atoms with Crippen LogP contribution in [0.1, 0.15) is 5.69 Å². The monoisotopic (exact) mass is 200 g/mol. The molecular formula is C10H8N4O. The zero-order valence-electron chi connectivity index (χ0n) is 8.06. The van der Waals surface area contributed by atoms with Gasteiger partial charge in [0.15, 0.2) is 0 Å². The molecule has 0 radical (unpaired) electrons. The average Bonchev–Trinajstić information content (AvgIpc) is 2.76. The Kier molecular flexibility index (Phi) is 2.33. The maximum absolute atomic E-state index is 8.85. The minimum absolute atomic E-state index is 0.404. The van der Waals surface area contributed by atoms with Gasteiger partial charge in [-0.05, 0) is 12.1 Å². The summed E-state index contributed by atoms with van der Waals surface area (Å²) in [6.07, 6.45) is 3.21. The third kappa shape index (κ3) is 1.53. The van der Waals surface area contributed by atoms with Crippen molar-refractivity contribution in [3.8, 4) is 23.1 Å². The van der Waals surface area contributed by atoms with E-state index >= 15 is 0 Å². The first-order chi connectivity index (χ1) is 7.36. The van der Waals surface area contributed by atoms with E-state index in [0.717, 1.165) is 5.56 Å². The highest BCUT2D eigenvalue weighted by Gasteiger charge is 2.12. The van der Waals surface area contributed by atoms with Crippen molar-refractivity contribution < 1.29 is 4.74 Å². The molecule has 0 fully saturated rings. The highest BCUT2D eigenvalue weighted by Crippen LogP contribution is 2.28. The second-order valence-electron chi connectivity index (χ2n) is 2.83. The van der Waals surface area contributed by atoms with E-state index in [1.807, 2.05) is 12.1 Å². The Bertz CT molecular complexity index is 512. The standard InChI is InChI=1S/C10H8N4O/c1-15-10-7(3-2-4-12-10)8-6-13-14-9(8)5-11/h2-4,6H,1H3,(H,13,14). The fraction of sp³-hybridized carbons (Fsp3) is 0.100. The molecule has 74 valence electrons. The van der Waals surface area contributed by atoms with E-state index in [4.69, 9.17) is 10.00 Å². The predicted molar refractivity (Wildman–Crippen MR) is 53.1 cm³/mol. The van der Waals surface area contributed by atoms with Gasteiger partial charge in [0.05, 0.1) is 13.3 Å². The molecule has 15 heavy (non-hydrogen) atoms. The van der Waals surface area contributed by atoms with E-state index in [1.165, 1.54) is 7.11 Å². The van der Waals surface area contributed by atoms with Crippen LogP contribution in [0, 0.1) is 11.3 Å². The molecular weight excluding hydrogens is 192 g/mol. The molecule has 0 saturated heterocycles. The van der Waals surface area contributed by atoms with Crippen LogP contribution in [0.2, 0.25) is 0 Å². The van der Waals surface area contributed by atoms with Gasteiger partial charge in [-0.1, -0.05) is 0 Å². The van der Waals surface area contributed by atoms with Gasteiger partial charge in [-0.2, -0.15) is 10.4 Å². The second kappa shape index (κ2) is 3.80. The molecule has 5 heteroatoms. The van der Waals surface area contributed by atoms with Gasteiger partial charge in [0.2, 0.25) is 5.88 Å². The SMILES string of the molecule is COc1ncccc1-c1cn[nH]c1C#N. The molecule has 2 aromatic rings. The Morgan fingerprint density at radius 1 is 1.47 bits per heavy atom. The molecule has 1 N–H and O–H groups in total. The number of rotatable bonds is 2. The van der Waals surface area contributed by atoms with Crippen molar-refractivity contribution in [3.05, 3.63) is 30.2 Å². The molecule has 0 aliphatic rings. The zero-order chi connectivity index (χ0) is 10.7. The summed E-state index contributed by atoms with van der Waals surface area (Å²) >= 11 is 0. The number of aromatic amines is 1. The molecule has 0 spiro atoms. The van der Waals surface area contributed by atoms with Crippen molar-refractivity contribution in [2.45, 2.75) is 0 Å². The van der Waals surface area contributed by atoms with Crippen LogP contribution in [0.4, 0.5) is 0 Å². The molecule has 0 atom stereocenters. The van der Waals surface area contributed by atoms with Gasteiger partial charge >= 0.3 is 0 Å². The highest BCUT2D eigenvalue weighted by atomic mass is 16.5. The van der Waals surface area contributed by atoms with Gasteiger partial charge in [-0.15, -0.1) is 0 Å². The van der Waals surface area contributed by atoms with E-state index in [1.54, 1.807) is 18.5 Å². The fourth-order valence-corrected chi connectivity index (χ4v) is 1.33. The first-order valence-electron chi connectivity index (χ1n) is 4.29. The Morgan fingerprint density at radius 2 is 2.33 bits per heavy atom. The summed E-state index contributed by atoms with van der Waals surface area (Å²) in [5.41, 5.74) is 1.86. The Morgan fingerprint density at radius 3 is 3.07 bits per heavy atom. The van der Waals surface area contributed by atoms with Crippen LogP contribution in [0.15, 0.2) is 24.5 Å². The molecule has 0 saturated carbocycles. The van der Waals surface area contributed by atoms with Crippen molar-refractivity contribution in [1.29, 1.82) is 5.26 Å². The lowest BCUT2D eigenvalue weighted by Gasteiger charge is -2.04. The van der Waals surface area contributed by atoms with E-state index < -0.39 is 0 Å². The number of hydrogen-bond donors (Lipinski definition) is 1. The number of pyridine rings is 1. The molecule has 2 aromatic heterocycles. The van der Waals surface area contributed by atoms with E-state index in [2.05, 4.69) is 15.2 Å². The van der Waals surface area contributed by atoms with E-state index in [-0.39, 0.29) is 0 Å². The lowest BCUT2D eigenvalue weighted by molar-refractivity contribution is 0.399. The first-order valence-corrected chi connectivity index (χ1v) is 4.29. The average molecular weight is 200 g/mol. The van der Waals surface area contributed by atoms with E-state index in [9.17, 15) is 0 Å². The predicted octanol–water partition coefficient (Wildman–Crippen LogP) is 1.35. The Balaban J connectivity index is 2.59. The quantitative estimate of drug-likeness (QED) is 0.794. The second-order valence-corrected chi connectivity index (χ2v) is 2.83. The molecule has 2 heterocycles. The van der Waals surface area contributed by atoms with Gasteiger partial charge in [-0.3, -0.25) is 5.10 Å². The minimum atomic E-state index is 0.404. The maximum Gasteiger partial charge on any atom is 0.221 e. The van der Waals surface area contributed by atoms with Crippen LogP contribution in [-0.4, -0.2) is 22.3 Å². The minimum Gasteiger partial charge on any atom is -0.481 e. The van der Waals surface area contributed by atoms with Gasteiger partial charge < -0.3 is 4.74 Å². The molecule has 0 amide bonds.